The van der Waals surface area contributed by atoms with E-state index in [2.05, 4.69) is 4.98 Å². The summed E-state index contributed by atoms with van der Waals surface area (Å²) in [4.78, 5) is 37.6. The summed E-state index contributed by atoms with van der Waals surface area (Å²) in [7, 11) is 0. The summed E-state index contributed by atoms with van der Waals surface area (Å²) in [5, 5.41) is 9.23. The van der Waals surface area contributed by atoms with Crippen LogP contribution in [0.25, 0.3) is 10.9 Å². The van der Waals surface area contributed by atoms with Gasteiger partial charge in [0.05, 0.1) is 16.5 Å². The van der Waals surface area contributed by atoms with Crippen LogP contribution in [-0.2, 0) is 6.54 Å². The van der Waals surface area contributed by atoms with E-state index in [0.717, 1.165) is 11.0 Å². The number of carboxylic acids is 1. The van der Waals surface area contributed by atoms with Crippen molar-refractivity contribution in [2.75, 3.05) is 0 Å². The summed E-state index contributed by atoms with van der Waals surface area (Å²) in [6.45, 7) is 4.38. The molecule has 2 N–H and O–H groups in total. The molecule has 0 aliphatic heterocycles. The monoisotopic (exact) mass is 276 g/mol. The minimum absolute atomic E-state index is 0.0347. The quantitative estimate of drug-likeness (QED) is 0.883. The number of benzene rings is 1. The van der Waals surface area contributed by atoms with Gasteiger partial charge in [-0.1, -0.05) is 13.8 Å². The second-order valence-corrected chi connectivity index (χ2v) is 5.13. The number of hydrogen-bond donors (Lipinski definition) is 2. The first-order valence-electron chi connectivity index (χ1n) is 6.40. The second kappa shape index (κ2) is 5.32. The summed E-state index contributed by atoms with van der Waals surface area (Å²) in [6.07, 6.45) is 0.724. The third-order valence-corrected chi connectivity index (χ3v) is 3.16. The molecule has 2 aromatic rings. The number of aromatic carboxylic acids is 1. The number of nitrogens with one attached hydrogen (secondary N) is 1. The van der Waals surface area contributed by atoms with E-state index < -0.39 is 11.7 Å². The van der Waals surface area contributed by atoms with Crippen LogP contribution in [0.3, 0.4) is 0 Å². The Kier molecular flexibility index (Phi) is 3.74. The highest BCUT2D eigenvalue weighted by molar-refractivity contribution is 5.92. The SMILES string of the molecule is CC(C)CCn1c(=O)[nH]c2cc(C(=O)O)ccc2c1=O. The van der Waals surface area contributed by atoms with Gasteiger partial charge in [0.15, 0.2) is 0 Å². The number of carbonyl (C=O) groups is 1. The molecule has 6 heteroatoms. The Morgan fingerprint density at radius 3 is 2.65 bits per heavy atom. The van der Waals surface area contributed by atoms with Crippen molar-refractivity contribution >= 4 is 16.9 Å². The van der Waals surface area contributed by atoms with Crippen molar-refractivity contribution in [1.29, 1.82) is 0 Å². The number of aromatic nitrogens is 2. The van der Waals surface area contributed by atoms with Gasteiger partial charge >= 0.3 is 11.7 Å². The van der Waals surface area contributed by atoms with Gasteiger partial charge < -0.3 is 10.1 Å². The van der Waals surface area contributed by atoms with Gasteiger partial charge in [0, 0.05) is 6.54 Å². The molecule has 0 unspecified atom stereocenters. The fraction of sp³-hybridized carbons (Fsp3) is 0.357. The topological polar surface area (TPSA) is 92.2 Å². The smallest absolute Gasteiger partial charge is 0.335 e. The van der Waals surface area contributed by atoms with Crippen LogP contribution in [-0.4, -0.2) is 20.6 Å². The van der Waals surface area contributed by atoms with Crippen LogP contribution in [0.2, 0.25) is 0 Å². The highest BCUT2D eigenvalue weighted by Gasteiger charge is 2.10. The molecule has 1 aromatic heterocycles. The van der Waals surface area contributed by atoms with Crippen molar-refractivity contribution in [3.05, 3.63) is 44.6 Å². The van der Waals surface area contributed by atoms with Crippen LogP contribution in [0.4, 0.5) is 0 Å². The standard InChI is InChI=1S/C14H16N2O4/c1-8(2)5-6-16-12(17)10-4-3-9(13(18)19)7-11(10)15-14(16)20/h3-4,7-8H,5-6H2,1-2H3,(H,15,20)(H,18,19). The maximum atomic E-state index is 12.2. The van der Waals surface area contributed by atoms with E-state index in [9.17, 15) is 14.4 Å². The highest BCUT2D eigenvalue weighted by atomic mass is 16.4. The first-order valence-corrected chi connectivity index (χ1v) is 6.40. The predicted octanol–water partition coefficient (Wildman–Crippen LogP) is 1.43. The molecule has 0 fully saturated rings. The molecule has 0 spiro atoms. The van der Waals surface area contributed by atoms with E-state index in [1.54, 1.807) is 0 Å². The average Bonchev–Trinajstić information content (AvgIpc) is 2.37. The minimum Gasteiger partial charge on any atom is -0.478 e. The number of aromatic amines is 1. The van der Waals surface area contributed by atoms with Crippen LogP contribution in [0.1, 0.15) is 30.6 Å². The van der Waals surface area contributed by atoms with Gasteiger partial charge in [0.2, 0.25) is 0 Å². The highest BCUT2D eigenvalue weighted by Crippen LogP contribution is 2.09. The Labute approximate surface area is 114 Å². The van der Waals surface area contributed by atoms with Crippen LogP contribution in [0.5, 0.6) is 0 Å². The van der Waals surface area contributed by atoms with E-state index in [0.29, 0.717) is 17.8 Å². The zero-order valence-electron chi connectivity index (χ0n) is 11.3. The van der Waals surface area contributed by atoms with Crippen LogP contribution in [0, 0.1) is 5.92 Å². The molecule has 0 atom stereocenters. The first kappa shape index (κ1) is 14.0. The lowest BCUT2D eigenvalue weighted by molar-refractivity contribution is 0.0697. The maximum Gasteiger partial charge on any atom is 0.335 e. The number of nitrogens with zero attached hydrogens (tertiary/aromatic N) is 1. The molecule has 1 aromatic carbocycles. The summed E-state index contributed by atoms with van der Waals surface area (Å²) < 4.78 is 1.16. The van der Waals surface area contributed by atoms with Crippen molar-refractivity contribution in [1.82, 2.24) is 9.55 Å². The fourth-order valence-electron chi connectivity index (χ4n) is 1.98. The third-order valence-electron chi connectivity index (χ3n) is 3.16. The van der Waals surface area contributed by atoms with Crippen LogP contribution in [0.15, 0.2) is 27.8 Å². The third kappa shape index (κ3) is 2.64. The van der Waals surface area contributed by atoms with Crippen molar-refractivity contribution in [2.45, 2.75) is 26.8 Å². The Hall–Kier alpha value is -2.37. The van der Waals surface area contributed by atoms with Gasteiger partial charge in [-0.25, -0.2) is 9.59 Å². The molecule has 2 rings (SSSR count). The number of rotatable bonds is 4. The molecule has 20 heavy (non-hydrogen) atoms. The molecular weight excluding hydrogens is 260 g/mol. The number of hydrogen-bond acceptors (Lipinski definition) is 3. The van der Waals surface area contributed by atoms with Gasteiger partial charge in [-0.3, -0.25) is 9.36 Å². The van der Waals surface area contributed by atoms with Gasteiger partial charge in [-0.2, -0.15) is 0 Å². The number of fused-ring (bicyclic) bond motifs is 1. The maximum absolute atomic E-state index is 12.2. The second-order valence-electron chi connectivity index (χ2n) is 5.13. The van der Waals surface area contributed by atoms with Gasteiger partial charge in [0.1, 0.15) is 0 Å². The predicted molar refractivity (Wildman–Crippen MR) is 75.2 cm³/mol. The fourth-order valence-corrected chi connectivity index (χ4v) is 1.98. The number of H-pyrrole nitrogens is 1. The van der Waals surface area contributed by atoms with Crippen molar-refractivity contribution in [3.8, 4) is 0 Å². The zero-order chi connectivity index (χ0) is 14.9. The molecule has 0 bridgehead atoms. The molecule has 0 saturated carbocycles. The van der Waals surface area contributed by atoms with E-state index in [1.165, 1.54) is 18.2 Å². The average molecular weight is 276 g/mol. The largest absolute Gasteiger partial charge is 0.478 e. The first-order chi connectivity index (χ1) is 9.40. The van der Waals surface area contributed by atoms with E-state index in [4.69, 9.17) is 5.11 Å². The Morgan fingerprint density at radius 2 is 2.05 bits per heavy atom. The van der Waals surface area contributed by atoms with E-state index in [-0.39, 0.29) is 16.6 Å². The summed E-state index contributed by atoms with van der Waals surface area (Å²) in [6, 6.07) is 4.09. The summed E-state index contributed by atoms with van der Waals surface area (Å²) in [5.41, 5.74) is -0.611. The molecule has 0 amide bonds. The molecule has 1 heterocycles. The van der Waals surface area contributed by atoms with Crippen molar-refractivity contribution < 1.29 is 9.90 Å². The van der Waals surface area contributed by atoms with E-state index >= 15 is 0 Å². The molecule has 6 nitrogen and oxygen atoms in total. The lowest BCUT2D eigenvalue weighted by Gasteiger charge is -2.08. The van der Waals surface area contributed by atoms with E-state index in [1.807, 2.05) is 13.8 Å². The van der Waals surface area contributed by atoms with Gasteiger partial charge in [-0.15, -0.1) is 0 Å². The zero-order valence-corrected chi connectivity index (χ0v) is 11.3. The normalized spacial score (nSPS) is 11.2. The summed E-state index contributed by atoms with van der Waals surface area (Å²) in [5.74, 6) is -0.719. The molecule has 0 aliphatic rings. The molecule has 0 saturated heterocycles. The van der Waals surface area contributed by atoms with Crippen molar-refractivity contribution in [3.63, 3.8) is 0 Å². The Balaban J connectivity index is 2.59. The summed E-state index contributed by atoms with van der Waals surface area (Å²) >= 11 is 0. The minimum atomic E-state index is -1.10. The van der Waals surface area contributed by atoms with Crippen molar-refractivity contribution in [2.24, 2.45) is 5.92 Å². The Morgan fingerprint density at radius 1 is 1.35 bits per heavy atom. The van der Waals surface area contributed by atoms with Crippen LogP contribution >= 0.6 is 0 Å². The molecule has 0 radical (unpaired) electrons. The van der Waals surface area contributed by atoms with Crippen LogP contribution < -0.4 is 11.2 Å². The van der Waals surface area contributed by atoms with Gasteiger partial charge in [-0.05, 0) is 30.5 Å². The lowest BCUT2D eigenvalue weighted by Crippen LogP contribution is -2.35. The molecule has 0 aliphatic carbocycles. The molecular formula is C14H16N2O4. The number of carboxylic acid groups (broad SMARTS) is 1. The lowest BCUT2D eigenvalue weighted by atomic mass is 10.1. The Bertz CT molecular complexity index is 771. The molecule has 106 valence electrons. The van der Waals surface area contributed by atoms with Gasteiger partial charge in [0.25, 0.3) is 5.56 Å².